The van der Waals surface area contributed by atoms with Crippen molar-refractivity contribution >= 4 is 47.2 Å². The molecule has 0 unspecified atom stereocenters. The van der Waals surface area contributed by atoms with Crippen molar-refractivity contribution in [2.75, 3.05) is 35.1 Å². The lowest BCUT2D eigenvalue weighted by molar-refractivity contribution is -0.114. The average molecular weight is 473 g/mol. The lowest BCUT2D eigenvalue weighted by atomic mass is 10.2. The number of benzene rings is 2. The van der Waals surface area contributed by atoms with Crippen molar-refractivity contribution in [3.63, 3.8) is 0 Å². The van der Waals surface area contributed by atoms with Gasteiger partial charge in [0.1, 0.15) is 5.75 Å². The van der Waals surface area contributed by atoms with Crippen molar-refractivity contribution < 1.29 is 13.9 Å². The highest BCUT2D eigenvalue weighted by Gasteiger charge is 2.14. The standard InChI is InChI=1S/C24H24N8O3/c1-16(33)26-18-8-6-17(7-9-18)15-25-31-23-28-22(27-19-10-12-20(34-3)13-11-19)29-24(30-23)32(2)21-5-4-14-35-21/h4-15H,1-3H3,(H,26,33)(H2,27,28,29,30,31)/b25-15+. The predicted molar refractivity (Wildman–Crippen MR) is 135 cm³/mol. The van der Waals surface area contributed by atoms with Gasteiger partial charge in [-0.1, -0.05) is 12.1 Å². The quantitative estimate of drug-likeness (QED) is 0.240. The number of nitrogens with zero attached hydrogens (tertiary/aromatic N) is 5. The van der Waals surface area contributed by atoms with Gasteiger partial charge in [-0.25, -0.2) is 5.43 Å². The van der Waals surface area contributed by atoms with E-state index >= 15 is 0 Å². The summed E-state index contributed by atoms with van der Waals surface area (Å²) in [5.74, 6) is 2.08. The van der Waals surface area contributed by atoms with Gasteiger partial charge in [-0.15, -0.1) is 0 Å². The zero-order valence-electron chi connectivity index (χ0n) is 19.4. The van der Waals surface area contributed by atoms with Crippen molar-refractivity contribution in [2.24, 2.45) is 5.10 Å². The van der Waals surface area contributed by atoms with Gasteiger partial charge in [0.05, 0.1) is 19.6 Å². The highest BCUT2D eigenvalue weighted by molar-refractivity contribution is 5.89. The third-order valence-corrected chi connectivity index (χ3v) is 4.72. The van der Waals surface area contributed by atoms with Gasteiger partial charge in [0.2, 0.25) is 29.6 Å². The van der Waals surface area contributed by atoms with Crippen LogP contribution in [0.4, 0.5) is 35.1 Å². The molecule has 2 aromatic heterocycles. The molecule has 4 aromatic rings. The first-order valence-electron chi connectivity index (χ1n) is 10.6. The van der Waals surface area contributed by atoms with Crippen LogP contribution in [0.15, 0.2) is 76.4 Å². The Morgan fingerprint density at radius 1 is 1.00 bits per heavy atom. The molecular weight excluding hydrogens is 448 g/mol. The van der Waals surface area contributed by atoms with Gasteiger partial charge < -0.3 is 19.8 Å². The van der Waals surface area contributed by atoms with Crippen LogP contribution in [0.25, 0.3) is 0 Å². The average Bonchev–Trinajstić information content (AvgIpc) is 3.40. The fraction of sp³-hybridized carbons (Fsp3) is 0.125. The molecule has 11 nitrogen and oxygen atoms in total. The summed E-state index contributed by atoms with van der Waals surface area (Å²) in [7, 11) is 3.40. The summed E-state index contributed by atoms with van der Waals surface area (Å²) in [6, 6.07) is 18.2. The summed E-state index contributed by atoms with van der Waals surface area (Å²) in [4.78, 5) is 26.2. The molecule has 35 heavy (non-hydrogen) atoms. The molecule has 4 rings (SSSR count). The van der Waals surface area contributed by atoms with Crippen molar-refractivity contribution in [1.29, 1.82) is 0 Å². The summed E-state index contributed by atoms with van der Waals surface area (Å²) >= 11 is 0. The van der Waals surface area contributed by atoms with Crippen LogP contribution in [0.2, 0.25) is 0 Å². The van der Waals surface area contributed by atoms with E-state index in [4.69, 9.17) is 9.15 Å². The van der Waals surface area contributed by atoms with E-state index < -0.39 is 0 Å². The molecule has 2 aromatic carbocycles. The summed E-state index contributed by atoms with van der Waals surface area (Å²) in [6.45, 7) is 1.46. The molecule has 3 N–H and O–H groups in total. The first kappa shape index (κ1) is 23.2. The van der Waals surface area contributed by atoms with Gasteiger partial charge in [-0.3, -0.25) is 9.69 Å². The molecule has 0 fully saturated rings. The first-order valence-corrected chi connectivity index (χ1v) is 10.6. The van der Waals surface area contributed by atoms with E-state index in [9.17, 15) is 4.79 Å². The number of amides is 1. The Bertz CT molecular complexity index is 1290. The molecule has 0 bridgehead atoms. The van der Waals surface area contributed by atoms with Crippen LogP contribution in [0.5, 0.6) is 5.75 Å². The van der Waals surface area contributed by atoms with Gasteiger partial charge >= 0.3 is 0 Å². The Morgan fingerprint density at radius 3 is 2.37 bits per heavy atom. The van der Waals surface area contributed by atoms with Gasteiger partial charge in [0.25, 0.3) is 0 Å². The van der Waals surface area contributed by atoms with E-state index in [2.05, 4.69) is 36.1 Å². The highest BCUT2D eigenvalue weighted by Crippen LogP contribution is 2.24. The molecule has 1 amide bonds. The number of hydrazone groups is 1. The second-order valence-electron chi connectivity index (χ2n) is 7.32. The summed E-state index contributed by atoms with van der Waals surface area (Å²) in [5, 5.41) is 10.1. The van der Waals surface area contributed by atoms with Gasteiger partial charge in [-0.2, -0.15) is 20.1 Å². The van der Waals surface area contributed by atoms with E-state index in [1.165, 1.54) is 6.92 Å². The van der Waals surface area contributed by atoms with Crippen LogP contribution in [0.3, 0.4) is 0 Å². The number of furan rings is 1. The summed E-state index contributed by atoms with van der Waals surface area (Å²) in [5.41, 5.74) is 5.15. The minimum absolute atomic E-state index is 0.128. The monoisotopic (exact) mass is 472 g/mol. The van der Waals surface area contributed by atoms with Gasteiger partial charge in [0, 0.05) is 31.4 Å². The van der Waals surface area contributed by atoms with Gasteiger partial charge in [-0.05, 0) is 48.0 Å². The maximum Gasteiger partial charge on any atom is 0.250 e. The Morgan fingerprint density at radius 2 is 1.71 bits per heavy atom. The number of hydrogen-bond donors (Lipinski definition) is 3. The minimum atomic E-state index is -0.128. The van der Waals surface area contributed by atoms with Crippen LogP contribution >= 0.6 is 0 Å². The van der Waals surface area contributed by atoms with Crippen molar-refractivity contribution in [1.82, 2.24) is 15.0 Å². The van der Waals surface area contributed by atoms with E-state index in [-0.39, 0.29) is 11.9 Å². The Balaban J connectivity index is 1.54. The molecule has 0 aliphatic carbocycles. The lowest BCUT2D eigenvalue weighted by Gasteiger charge is -2.15. The Hall–Kier alpha value is -4.93. The maximum absolute atomic E-state index is 11.2. The van der Waals surface area contributed by atoms with Crippen molar-refractivity contribution in [3.05, 3.63) is 72.5 Å². The number of hydrogen-bond acceptors (Lipinski definition) is 10. The van der Waals surface area contributed by atoms with E-state index in [1.807, 2.05) is 36.4 Å². The zero-order chi connectivity index (χ0) is 24.6. The number of carbonyl (C=O) groups is 1. The summed E-state index contributed by atoms with van der Waals surface area (Å²) < 4.78 is 10.7. The third-order valence-electron chi connectivity index (χ3n) is 4.72. The molecule has 178 valence electrons. The fourth-order valence-corrected chi connectivity index (χ4v) is 3.00. The number of anilines is 6. The normalized spacial score (nSPS) is 10.7. The molecule has 0 saturated carbocycles. The van der Waals surface area contributed by atoms with Crippen LogP contribution in [0, 0.1) is 0 Å². The number of methoxy groups -OCH3 is 1. The fourth-order valence-electron chi connectivity index (χ4n) is 3.00. The lowest BCUT2D eigenvalue weighted by Crippen LogP contribution is -2.15. The molecular formula is C24H24N8O3. The molecule has 0 radical (unpaired) electrons. The molecule has 2 heterocycles. The minimum Gasteiger partial charge on any atom is -0.497 e. The first-order chi connectivity index (χ1) is 17.0. The van der Waals surface area contributed by atoms with E-state index in [0.717, 1.165) is 17.0 Å². The van der Waals surface area contributed by atoms with Crippen LogP contribution in [0.1, 0.15) is 12.5 Å². The van der Waals surface area contributed by atoms with E-state index in [1.54, 1.807) is 55.8 Å². The number of nitrogens with one attached hydrogen (secondary N) is 3. The molecule has 0 atom stereocenters. The van der Waals surface area contributed by atoms with Crippen molar-refractivity contribution in [2.45, 2.75) is 6.92 Å². The van der Waals surface area contributed by atoms with Crippen LogP contribution < -0.4 is 25.7 Å². The zero-order valence-corrected chi connectivity index (χ0v) is 19.4. The molecule has 11 heteroatoms. The largest absolute Gasteiger partial charge is 0.497 e. The Labute approximate surface area is 201 Å². The Kier molecular flexibility index (Phi) is 7.16. The number of rotatable bonds is 9. The van der Waals surface area contributed by atoms with Crippen LogP contribution in [-0.4, -0.2) is 41.2 Å². The second kappa shape index (κ2) is 10.8. The molecule has 0 aliphatic rings. The molecule has 0 spiro atoms. The highest BCUT2D eigenvalue weighted by atomic mass is 16.5. The third kappa shape index (κ3) is 6.32. The smallest absolute Gasteiger partial charge is 0.250 e. The number of aromatic nitrogens is 3. The predicted octanol–water partition coefficient (Wildman–Crippen LogP) is 4.39. The summed E-state index contributed by atoms with van der Waals surface area (Å²) in [6.07, 6.45) is 3.19. The number of carbonyl (C=O) groups excluding carboxylic acids is 1. The topological polar surface area (TPSA) is 130 Å². The second-order valence-corrected chi connectivity index (χ2v) is 7.32. The van der Waals surface area contributed by atoms with Gasteiger partial charge in [0.15, 0.2) is 0 Å². The maximum atomic E-state index is 11.2. The molecule has 0 aliphatic heterocycles. The van der Waals surface area contributed by atoms with Crippen LogP contribution in [-0.2, 0) is 4.79 Å². The molecule has 0 saturated heterocycles. The van der Waals surface area contributed by atoms with Crippen molar-refractivity contribution in [3.8, 4) is 5.75 Å². The van der Waals surface area contributed by atoms with E-state index in [0.29, 0.717) is 23.5 Å². The number of ether oxygens (including phenoxy) is 1. The SMILES string of the molecule is COc1ccc(Nc2nc(N/N=C/c3ccc(NC(C)=O)cc3)nc(N(C)c3ccco3)n2)cc1.